The van der Waals surface area contributed by atoms with Crippen molar-refractivity contribution in [1.82, 2.24) is 9.66 Å². The molecule has 1 amide bonds. The third kappa shape index (κ3) is 4.88. The SMILES string of the molecule is CCOc1cc(C=Nn2c(-c3cc4ccccc4o3)nc3ccccc3c2=O)c(Br)c(Cl)c1OCC(N)=O. The van der Waals surface area contributed by atoms with E-state index in [0.717, 1.165) is 5.39 Å². The lowest BCUT2D eigenvalue weighted by Crippen LogP contribution is -2.20. The van der Waals surface area contributed by atoms with E-state index < -0.39 is 5.91 Å². The van der Waals surface area contributed by atoms with Gasteiger partial charge in [-0.3, -0.25) is 9.59 Å². The minimum Gasteiger partial charge on any atom is -0.490 e. The molecule has 0 fully saturated rings. The zero-order chi connectivity index (χ0) is 26.8. The fraction of sp³-hybridized carbons (Fsp3) is 0.111. The van der Waals surface area contributed by atoms with Crippen molar-refractivity contribution in [2.45, 2.75) is 6.92 Å². The van der Waals surface area contributed by atoms with Crippen LogP contribution in [0.3, 0.4) is 0 Å². The number of amides is 1. The molecule has 5 aromatic rings. The van der Waals surface area contributed by atoms with Crippen LogP contribution in [0, 0.1) is 0 Å². The maximum Gasteiger partial charge on any atom is 0.282 e. The van der Waals surface area contributed by atoms with Crippen molar-refractivity contribution in [3.05, 3.63) is 86.1 Å². The number of ether oxygens (including phenoxy) is 2. The number of carbonyl (C=O) groups excluding carboxylic acids is 1. The molecule has 0 aliphatic heterocycles. The van der Waals surface area contributed by atoms with E-state index in [-0.39, 0.29) is 34.5 Å². The van der Waals surface area contributed by atoms with Crippen LogP contribution in [0.1, 0.15) is 12.5 Å². The highest BCUT2D eigenvalue weighted by Gasteiger charge is 2.19. The van der Waals surface area contributed by atoms with Gasteiger partial charge in [-0.1, -0.05) is 41.9 Å². The van der Waals surface area contributed by atoms with Crippen LogP contribution >= 0.6 is 27.5 Å². The molecular formula is C27H20BrClN4O5. The summed E-state index contributed by atoms with van der Waals surface area (Å²) in [5.74, 6) is 0.392. The van der Waals surface area contributed by atoms with Crippen LogP contribution in [0.15, 0.2) is 79.4 Å². The number of aromatic nitrogens is 2. The van der Waals surface area contributed by atoms with Gasteiger partial charge in [-0.2, -0.15) is 9.78 Å². The molecule has 5 rings (SSSR count). The van der Waals surface area contributed by atoms with E-state index >= 15 is 0 Å². The number of hydrogen-bond donors (Lipinski definition) is 1. The highest BCUT2D eigenvalue weighted by Crippen LogP contribution is 2.42. The zero-order valence-corrected chi connectivity index (χ0v) is 22.3. The first-order chi connectivity index (χ1) is 18.4. The Morgan fingerprint density at radius 2 is 1.95 bits per heavy atom. The molecule has 0 saturated carbocycles. The maximum atomic E-state index is 13.5. The van der Waals surface area contributed by atoms with Crippen LogP contribution in [0.4, 0.5) is 0 Å². The first-order valence-corrected chi connectivity index (χ1v) is 12.7. The highest BCUT2D eigenvalue weighted by atomic mass is 79.9. The Bertz CT molecular complexity index is 1750. The van der Waals surface area contributed by atoms with Gasteiger partial charge in [-0.15, -0.1) is 0 Å². The van der Waals surface area contributed by atoms with Crippen LogP contribution < -0.4 is 20.8 Å². The van der Waals surface area contributed by atoms with E-state index in [0.29, 0.717) is 38.9 Å². The molecule has 11 heteroatoms. The first kappa shape index (κ1) is 25.5. The Kier molecular flexibility index (Phi) is 7.17. The quantitative estimate of drug-likeness (QED) is 0.241. The summed E-state index contributed by atoms with van der Waals surface area (Å²) in [6.07, 6.45) is 1.44. The van der Waals surface area contributed by atoms with Crippen molar-refractivity contribution >= 4 is 61.5 Å². The number of rotatable bonds is 8. The fourth-order valence-corrected chi connectivity index (χ4v) is 4.50. The van der Waals surface area contributed by atoms with Gasteiger partial charge in [0.1, 0.15) is 10.6 Å². The third-order valence-electron chi connectivity index (χ3n) is 5.53. The summed E-state index contributed by atoms with van der Waals surface area (Å²) in [6, 6.07) is 17.9. The predicted molar refractivity (Wildman–Crippen MR) is 149 cm³/mol. The lowest BCUT2D eigenvalue weighted by Gasteiger charge is -2.15. The molecule has 0 radical (unpaired) electrons. The second kappa shape index (κ2) is 10.7. The number of carbonyl (C=O) groups is 1. The Hall–Kier alpha value is -4.15. The van der Waals surface area contributed by atoms with Gasteiger partial charge in [-0.25, -0.2) is 4.98 Å². The molecule has 0 atom stereocenters. The summed E-state index contributed by atoms with van der Waals surface area (Å²) < 4.78 is 18.7. The molecule has 9 nitrogen and oxygen atoms in total. The second-order valence-electron chi connectivity index (χ2n) is 8.07. The summed E-state index contributed by atoms with van der Waals surface area (Å²) in [5.41, 5.74) is 6.48. The monoisotopic (exact) mass is 594 g/mol. The Morgan fingerprint density at radius 1 is 1.18 bits per heavy atom. The lowest BCUT2D eigenvalue weighted by atomic mass is 10.2. The predicted octanol–water partition coefficient (Wildman–Crippen LogP) is 5.37. The molecule has 38 heavy (non-hydrogen) atoms. The number of primary amides is 1. The van der Waals surface area contributed by atoms with Gasteiger partial charge in [0.05, 0.1) is 23.7 Å². The number of nitrogens with zero attached hydrogens (tertiary/aromatic N) is 3. The smallest absolute Gasteiger partial charge is 0.282 e. The normalized spacial score (nSPS) is 11.4. The Morgan fingerprint density at radius 3 is 2.71 bits per heavy atom. The van der Waals surface area contributed by atoms with Crippen LogP contribution in [0.5, 0.6) is 11.5 Å². The zero-order valence-electron chi connectivity index (χ0n) is 20.0. The first-order valence-electron chi connectivity index (χ1n) is 11.5. The molecule has 192 valence electrons. The van der Waals surface area contributed by atoms with E-state index in [4.69, 9.17) is 31.2 Å². The standard InChI is InChI=1S/C27H20BrClN4O5/c1-2-36-20-12-16(23(28)24(29)25(20)37-14-22(30)34)13-31-33-26(21-11-15-7-3-6-10-19(15)38-21)32-18-9-5-4-8-17(18)27(33)35/h3-13H,2,14H2,1H3,(H2,30,34). The van der Waals surface area contributed by atoms with Gasteiger partial charge in [0.25, 0.3) is 11.5 Å². The minimum absolute atomic E-state index is 0.153. The number of para-hydroxylation sites is 2. The lowest BCUT2D eigenvalue weighted by molar-refractivity contribution is -0.119. The van der Waals surface area contributed by atoms with Gasteiger partial charge < -0.3 is 19.6 Å². The fourth-order valence-electron chi connectivity index (χ4n) is 3.84. The van der Waals surface area contributed by atoms with Crippen molar-refractivity contribution in [2.24, 2.45) is 10.8 Å². The van der Waals surface area contributed by atoms with E-state index in [1.165, 1.54) is 10.9 Å². The van der Waals surface area contributed by atoms with Gasteiger partial charge in [0, 0.05) is 15.4 Å². The number of nitrogens with two attached hydrogens (primary N) is 1. The van der Waals surface area contributed by atoms with Crippen molar-refractivity contribution in [3.63, 3.8) is 0 Å². The molecule has 0 unspecified atom stereocenters. The topological polar surface area (TPSA) is 122 Å². The van der Waals surface area contributed by atoms with Crippen molar-refractivity contribution in [3.8, 4) is 23.1 Å². The number of hydrogen-bond acceptors (Lipinski definition) is 7. The number of halogens is 2. The largest absolute Gasteiger partial charge is 0.490 e. The third-order valence-corrected chi connectivity index (χ3v) is 6.97. The average Bonchev–Trinajstić information content (AvgIpc) is 3.34. The van der Waals surface area contributed by atoms with Gasteiger partial charge >= 0.3 is 0 Å². The van der Waals surface area contributed by atoms with Crippen LogP contribution in [-0.2, 0) is 4.79 Å². The summed E-state index contributed by atoms with van der Waals surface area (Å²) in [4.78, 5) is 29.4. The molecule has 0 bridgehead atoms. The average molecular weight is 596 g/mol. The molecule has 2 heterocycles. The Balaban J connectivity index is 1.66. The van der Waals surface area contributed by atoms with E-state index in [2.05, 4.69) is 26.0 Å². The molecule has 2 N–H and O–H groups in total. The maximum absolute atomic E-state index is 13.5. The number of fused-ring (bicyclic) bond motifs is 2. The van der Waals surface area contributed by atoms with E-state index in [1.54, 1.807) is 37.3 Å². The molecular weight excluding hydrogens is 576 g/mol. The minimum atomic E-state index is -0.661. The number of furan rings is 1. The molecule has 2 aromatic heterocycles. The van der Waals surface area contributed by atoms with Gasteiger partial charge in [0.15, 0.2) is 23.9 Å². The summed E-state index contributed by atoms with van der Waals surface area (Å²) in [6.45, 7) is 1.73. The van der Waals surface area contributed by atoms with Gasteiger partial charge in [-0.05, 0) is 53.2 Å². The summed E-state index contributed by atoms with van der Waals surface area (Å²) in [5, 5.41) is 5.89. The highest BCUT2D eigenvalue weighted by molar-refractivity contribution is 9.10. The molecule has 0 aliphatic rings. The van der Waals surface area contributed by atoms with Crippen LogP contribution in [0.2, 0.25) is 5.02 Å². The molecule has 0 spiro atoms. The van der Waals surface area contributed by atoms with Gasteiger partial charge in [0.2, 0.25) is 5.82 Å². The van der Waals surface area contributed by atoms with Crippen molar-refractivity contribution < 1.29 is 18.7 Å². The van der Waals surface area contributed by atoms with E-state index in [9.17, 15) is 9.59 Å². The van der Waals surface area contributed by atoms with Crippen LogP contribution in [-0.4, -0.2) is 35.0 Å². The second-order valence-corrected chi connectivity index (χ2v) is 9.24. The summed E-state index contributed by atoms with van der Waals surface area (Å²) in [7, 11) is 0. The molecule has 0 aliphatic carbocycles. The number of benzene rings is 3. The van der Waals surface area contributed by atoms with Crippen molar-refractivity contribution in [1.29, 1.82) is 0 Å². The molecule has 0 saturated heterocycles. The van der Waals surface area contributed by atoms with Crippen molar-refractivity contribution in [2.75, 3.05) is 13.2 Å². The van der Waals surface area contributed by atoms with Crippen LogP contribution in [0.25, 0.3) is 33.5 Å². The summed E-state index contributed by atoms with van der Waals surface area (Å²) >= 11 is 9.97. The van der Waals surface area contributed by atoms with E-state index in [1.807, 2.05) is 30.3 Å². The molecule has 3 aromatic carbocycles. The Labute approximate surface area is 229 Å².